The molecule has 0 aliphatic rings. The molecule has 0 saturated carbocycles. The van der Waals surface area contributed by atoms with E-state index in [1.54, 1.807) is 0 Å². The molecule has 1 atom stereocenters. The van der Waals surface area contributed by atoms with Gasteiger partial charge in [-0.2, -0.15) is 0 Å². The number of carboxylic acid groups (broad SMARTS) is 1. The van der Waals surface area contributed by atoms with Crippen molar-refractivity contribution in [1.82, 2.24) is 0 Å². The molecule has 0 radical (unpaired) electrons. The smallest absolute Gasteiger partial charge is 0.325 e. The zero-order chi connectivity index (χ0) is 10.9. The highest BCUT2D eigenvalue weighted by atomic mass is 19.1. The second-order valence-electron chi connectivity index (χ2n) is 2.71. The normalized spacial score (nSPS) is 12.5. The molecule has 0 fully saturated rings. The van der Waals surface area contributed by atoms with Gasteiger partial charge in [0.2, 0.25) is 0 Å². The fraction of sp³-hybridized carbons (Fsp3) is 0.125. The van der Waals surface area contributed by atoms with Crippen molar-refractivity contribution in [2.45, 2.75) is 6.04 Å². The molecule has 0 aromatic heterocycles. The Hall–Kier alpha value is -1.69. The summed E-state index contributed by atoms with van der Waals surface area (Å²) in [4.78, 5) is 10.4. The Kier molecular flexibility index (Phi) is 2.66. The van der Waals surface area contributed by atoms with Gasteiger partial charge < -0.3 is 16.6 Å². The molecule has 0 unspecified atom stereocenters. The highest BCUT2D eigenvalue weighted by molar-refractivity contribution is 5.75. The Morgan fingerprint density at radius 2 is 1.79 bits per heavy atom. The number of nitrogen functional groups attached to an aromatic ring is 1. The van der Waals surface area contributed by atoms with E-state index in [1.807, 2.05) is 0 Å². The topological polar surface area (TPSA) is 89.3 Å². The molecule has 0 bridgehead atoms. The van der Waals surface area contributed by atoms with Crippen molar-refractivity contribution in [3.05, 3.63) is 29.3 Å². The standard InChI is InChI=1S/C8H8F2N2O2/c9-4-1-3(6(11)8(13)14)2-5(10)7(4)12/h1-2,6H,11-12H2,(H,13,14)/t6-/m0/s1. The zero-order valence-electron chi connectivity index (χ0n) is 7.00. The van der Waals surface area contributed by atoms with Gasteiger partial charge in [0.1, 0.15) is 23.4 Å². The van der Waals surface area contributed by atoms with E-state index >= 15 is 0 Å². The number of rotatable bonds is 2. The van der Waals surface area contributed by atoms with Gasteiger partial charge in [0.25, 0.3) is 0 Å². The summed E-state index contributed by atoms with van der Waals surface area (Å²) < 4.78 is 25.7. The number of nitrogens with two attached hydrogens (primary N) is 2. The van der Waals surface area contributed by atoms with Gasteiger partial charge in [-0.1, -0.05) is 0 Å². The van der Waals surface area contributed by atoms with Crippen molar-refractivity contribution in [2.24, 2.45) is 5.73 Å². The maximum atomic E-state index is 12.9. The number of anilines is 1. The molecule has 0 aliphatic heterocycles. The first-order valence-electron chi connectivity index (χ1n) is 3.66. The summed E-state index contributed by atoms with van der Waals surface area (Å²) in [5.74, 6) is -3.40. The van der Waals surface area contributed by atoms with Gasteiger partial charge in [-0.05, 0) is 17.7 Å². The van der Waals surface area contributed by atoms with Crippen LogP contribution < -0.4 is 11.5 Å². The first-order chi connectivity index (χ1) is 6.43. The Morgan fingerprint density at radius 1 is 1.36 bits per heavy atom. The van der Waals surface area contributed by atoms with Crippen LogP contribution in [0, 0.1) is 11.6 Å². The van der Waals surface area contributed by atoms with Crippen LogP contribution in [-0.2, 0) is 4.79 Å². The van der Waals surface area contributed by atoms with E-state index in [-0.39, 0.29) is 5.56 Å². The molecule has 1 aromatic carbocycles. The SMILES string of the molecule is Nc1c(F)cc([C@H](N)C(=O)O)cc1F. The van der Waals surface area contributed by atoms with E-state index in [2.05, 4.69) is 0 Å². The molecule has 5 N–H and O–H groups in total. The third-order valence-corrected chi connectivity index (χ3v) is 1.73. The summed E-state index contributed by atoms with van der Waals surface area (Å²) in [5.41, 5.74) is 9.33. The molecule has 0 aliphatic carbocycles. The van der Waals surface area contributed by atoms with Gasteiger partial charge in [-0.25, -0.2) is 8.78 Å². The lowest BCUT2D eigenvalue weighted by Crippen LogP contribution is -2.21. The Morgan fingerprint density at radius 3 is 2.14 bits per heavy atom. The molecular formula is C8H8F2N2O2. The van der Waals surface area contributed by atoms with Crippen LogP contribution in [-0.4, -0.2) is 11.1 Å². The van der Waals surface area contributed by atoms with E-state index in [4.69, 9.17) is 16.6 Å². The number of hydrogen-bond acceptors (Lipinski definition) is 3. The molecule has 0 saturated heterocycles. The molecule has 6 heteroatoms. The van der Waals surface area contributed by atoms with Gasteiger partial charge in [0.05, 0.1) is 0 Å². The Bertz CT molecular complexity index is 359. The number of hydrogen-bond donors (Lipinski definition) is 3. The third-order valence-electron chi connectivity index (χ3n) is 1.73. The van der Waals surface area contributed by atoms with Gasteiger partial charge in [0.15, 0.2) is 0 Å². The average molecular weight is 202 g/mol. The van der Waals surface area contributed by atoms with Crippen LogP contribution in [0.25, 0.3) is 0 Å². The summed E-state index contributed by atoms with van der Waals surface area (Å²) in [6.45, 7) is 0. The summed E-state index contributed by atoms with van der Waals surface area (Å²) >= 11 is 0. The quantitative estimate of drug-likeness (QED) is 0.613. The maximum Gasteiger partial charge on any atom is 0.325 e. The molecule has 0 amide bonds. The van der Waals surface area contributed by atoms with Crippen LogP contribution in [0.3, 0.4) is 0 Å². The van der Waals surface area contributed by atoms with E-state index in [9.17, 15) is 13.6 Å². The van der Waals surface area contributed by atoms with Crippen LogP contribution in [0.1, 0.15) is 11.6 Å². The number of aliphatic carboxylic acids is 1. The lowest BCUT2D eigenvalue weighted by molar-refractivity contribution is -0.138. The highest BCUT2D eigenvalue weighted by Gasteiger charge is 2.17. The predicted molar refractivity (Wildman–Crippen MR) is 45.3 cm³/mol. The van der Waals surface area contributed by atoms with Crippen molar-refractivity contribution in [2.75, 3.05) is 5.73 Å². The van der Waals surface area contributed by atoms with Crippen LogP contribution in [0.15, 0.2) is 12.1 Å². The van der Waals surface area contributed by atoms with E-state index < -0.39 is 29.3 Å². The lowest BCUT2D eigenvalue weighted by Gasteiger charge is -2.08. The molecule has 76 valence electrons. The molecule has 1 aromatic rings. The minimum Gasteiger partial charge on any atom is -0.480 e. The predicted octanol–water partition coefficient (Wildman–Crippen LogP) is 0.631. The monoisotopic (exact) mass is 202 g/mol. The summed E-state index contributed by atoms with van der Waals surface area (Å²) in [5, 5.41) is 8.49. The van der Waals surface area contributed by atoms with Crippen molar-refractivity contribution < 1.29 is 18.7 Å². The Balaban J connectivity index is 3.19. The van der Waals surface area contributed by atoms with Gasteiger partial charge in [-0.3, -0.25) is 4.79 Å². The fourth-order valence-electron chi connectivity index (χ4n) is 0.926. The van der Waals surface area contributed by atoms with Crippen LogP contribution in [0.2, 0.25) is 0 Å². The van der Waals surface area contributed by atoms with E-state index in [1.165, 1.54) is 0 Å². The van der Waals surface area contributed by atoms with Crippen LogP contribution >= 0.6 is 0 Å². The average Bonchev–Trinajstić information content (AvgIpc) is 2.12. The highest BCUT2D eigenvalue weighted by Crippen LogP contribution is 2.20. The zero-order valence-corrected chi connectivity index (χ0v) is 7.00. The first-order valence-corrected chi connectivity index (χ1v) is 3.66. The third kappa shape index (κ3) is 1.80. The first kappa shape index (κ1) is 10.4. The summed E-state index contributed by atoms with van der Waals surface area (Å²) in [6.07, 6.45) is 0. The number of halogens is 2. The van der Waals surface area contributed by atoms with Gasteiger partial charge in [-0.15, -0.1) is 0 Å². The summed E-state index contributed by atoms with van der Waals surface area (Å²) in [7, 11) is 0. The molecule has 0 heterocycles. The second-order valence-corrected chi connectivity index (χ2v) is 2.71. The fourth-order valence-corrected chi connectivity index (χ4v) is 0.926. The number of carbonyl (C=O) groups is 1. The van der Waals surface area contributed by atoms with E-state index in [0.717, 1.165) is 12.1 Å². The lowest BCUT2D eigenvalue weighted by atomic mass is 10.1. The van der Waals surface area contributed by atoms with Crippen molar-refractivity contribution in [1.29, 1.82) is 0 Å². The van der Waals surface area contributed by atoms with Crippen molar-refractivity contribution >= 4 is 11.7 Å². The van der Waals surface area contributed by atoms with Gasteiger partial charge in [0, 0.05) is 0 Å². The maximum absolute atomic E-state index is 12.9. The van der Waals surface area contributed by atoms with Gasteiger partial charge >= 0.3 is 5.97 Å². The molecule has 4 nitrogen and oxygen atoms in total. The molecule has 0 spiro atoms. The van der Waals surface area contributed by atoms with E-state index in [0.29, 0.717) is 0 Å². The molecular weight excluding hydrogens is 194 g/mol. The summed E-state index contributed by atoms with van der Waals surface area (Å²) in [6, 6.07) is 0.147. The second kappa shape index (κ2) is 3.59. The Labute approximate surface area is 78.1 Å². The molecule has 14 heavy (non-hydrogen) atoms. The molecule has 1 rings (SSSR count). The number of benzene rings is 1. The largest absolute Gasteiger partial charge is 0.480 e. The minimum absolute atomic E-state index is 0.165. The number of carboxylic acids is 1. The van der Waals surface area contributed by atoms with Crippen LogP contribution in [0.5, 0.6) is 0 Å². The van der Waals surface area contributed by atoms with Crippen molar-refractivity contribution in [3.63, 3.8) is 0 Å². The minimum atomic E-state index is -1.46. The van der Waals surface area contributed by atoms with Crippen LogP contribution in [0.4, 0.5) is 14.5 Å². The van der Waals surface area contributed by atoms with Crippen molar-refractivity contribution in [3.8, 4) is 0 Å².